The molecule has 0 fully saturated rings. The molecule has 1 aliphatic rings. The number of hydrogen-bond donors (Lipinski definition) is 1. The second kappa shape index (κ2) is 9.18. The molecule has 31 heavy (non-hydrogen) atoms. The molecule has 1 heterocycles. The van der Waals surface area contributed by atoms with Crippen LogP contribution in [0.15, 0.2) is 83.9 Å². The van der Waals surface area contributed by atoms with Gasteiger partial charge in [0.1, 0.15) is 5.25 Å². The molecule has 0 spiro atoms. The first-order chi connectivity index (χ1) is 15.0. The summed E-state index contributed by atoms with van der Waals surface area (Å²) in [4.78, 5) is 31.4. The highest BCUT2D eigenvalue weighted by atomic mass is 32.2. The Balaban J connectivity index is 1.51. The number of amidine groups is 1. The molecule has 0 aromatic heterocycles. The van der Waals surface area contributed by atoms with Gasteiger partial charge < -0.3 is 5.32 Å². The van der Waals surface area contributed by atoms with Crippen LogP contribution < -0.4 is 10.2 Å². The Morgan fingerprint density at radius 1 is 0.903 bits per heavy atom. The van der Waals surface area contributed by atoms with Gasteiger partial charge in [-0.05, 0) is 50.2 Å². The number of anilines is 3. The topological polar surface area (TPSA) is 61.8 Å². The van der Waals surface area contributed by atoms with Crippen LogP contribution in [0, 0.1) is 13.8 Å². The molecule has 0 saturated carbocycles. The number of nitrogens with one attached hydrogen (secondary N) is 1. The summed E-state index contributed by atoms with van der Waals surface area (Å²) in [6.07, 6.45) is 0.0703. The van der Waals surface area contributed by atoms with Gasteiger partial charge in [-0.2, -0.15) is 4.99 Å². The summed E-state index contributed by atoms with van der Waals surface area (Å²) in [6, 6.07) is 25.5. The first-order valence-electron chi connectivity index (χ1n) is 10.1. The molecule has 0 aliphatic carbocycles. The Labute approximate surface area is 186 Å². The van der Waals surface area contributed by atoms with Crippen LogP contribution in [0.3, 0.4) is 0 Å². The van der Waals surface area contributed by atoms with E-state index in [1.54, 1.807) is 0 Å². The van der Waals surface area contributed by atoms with Gasteiger partial charge >= 0.3 is 0 Å². The monoisotopic (exact) mass is 429 g/mol. The highest BCUT2D eigenvalue weighted by molar-refractivity contribution is 8.15. The lowest BCUT2D eigenvalue weighted by molar-refractivity contribution is -0.121. The maximum atomic E-state index is 12.6. The molecular weight excluding hydrogens is 406 g/mol. The Morgan fingerprint density at radius 2 is 1.48 bits per heavy atom. The Bertz CT molecular complexity index is 1110. The molecule has 3 aromatic rings. The van der Waals surface area contributed by atoms with Crippen molar-refractivity contribution in [1.29, 1.82) is 0 Å². The van der Waals surface area contributed by atoms with Gasteiger partial charge in [-0.3, -0.25) is 14.5 Å². The fraction of sp³-hybridized carbons (Fsp3) is 0.160. The van der Waals surface area contributed by atoms with Crippen LogP contribution in [0.4, 0.5) is 17.1 Å². The number of thioether (sulfide) groups is 1. The number of aliphatic imine (C=N–C) groups is 1. The van der Waals surface area contributed by atoms with Crippen molar-refractivity contribution in [3.8, 4) is 0 Å². The van der Waals surface area contributed by atoms with Gasteiger partial charge in [-0.15, -0.1) is 0 Å². The predicted octanol–water partition coefficient (Wildman–Crippen LogP) is 5.47. The second-order valence-corrected chi connectivity index (χ2v) is 8.63. The van der Waals surface area contributed by atoms with Crippen LogP contribution in [-0.2, 0) is 9.59 Å². The largest absolute Gasteiger partial charge is 0.326 e. The number of carbonyl (C=O) groups is 2. The van der Waals surface area contributed by atoms with E-state index < -0.39 is 5.25 Å². The molecule has 0 bridgehead atoms. The lowest BCUT2D eigenvalue weighted by Gasteiger charge is -2.24. The molecule has 1 N–H and O–H groups in total. The quantitative estimate of drug-likeness (QED) is 0.584. The lowest BCUT2D eigenvalue weighted by Crippen LogP contribution is -2.24. The van der Waals surface area contributed by atoms with E-state index in [0.29, 0.717) is 5.17 Å². The molecule has 1 aliphatic heterocycles. The summed E-state index contributed by atoms with van der Waals surface area (Å²) in [7, 11) is 0. The SMILES string of the molecule is Cc1ccc(NC(=O)CC2SC(N(c3ccccc3)c3ccc(C)cc3)=NC2=O)cc1. The van der Waals surface area contributed by atoms with Crippen LogP contribution in [0.5, 0.6) is 0 Å². The summed E-state index contributed by atoms with van der Waals surface area (Å²) in [5.74, 6) is -0.486. The minimum Gasteiger partial charge on any atom is -0.326 e. The second-order valence-electron chi connectivity index (χ2n) is 7.46. The van der Waals surface area contributed by atoms with Crippen molar-refractivity contribution in [3.63, 3.8) is 0 Å². The average molecular weight is 430 g/mol. The fourth-order valence-corrected chi connectivity index (χ4v) is 4.36. The number of nitrogens with zero attached hydrogens (tertiary/aromatic N) is 2. The summed E-state index contributed by atoms with van der Waals surface area (Å²) in [6.45, 7) is 4.02. The van der Waals surface area contributed by atoms with Crippen molar-refractivity contribution in [2.45, 2.75) is 25.5 Å². The van der Waals surface area contributed by atoms with E-state index in [0.717, 1.165) is 28.2 Å². The molecule has 6 heteroatoms. The van der Waals surface area contributed by atoms with E-state index >= 15 is 0 Å². The van der Waals surface area contributed by atoms with Gasteiger partial charge in [0.25, 0.3) is 5.91 Å². The van der Waals surface area contributed by atoms with E-state index in [4.69, 9.17) is 0 Å². The van der Waals surface area contributed by atoms with Crippen molar-refractivity contribution in [1.82, 2.24) is 0 Å². The van der Waals surface area contributed by atoms with Crippen molar-refractivity contribution >= 4 is 45.8 Å². The number of carbonyl (C=O) groups excluding carboxylic acids is 2. The smallest absolute Gasteiger partial charge is 0.262 e. The molecule has 1 unspecified atom stereocenters. The third-order valence-electron chi connectivity index (χ3n) is 4.93. The van der Waals surface area contributed by atoms with Gasteiger partial charge in [-0.1, -0.05) is 65.4 Å². The van der Waals surface area contributed by atoms with Gasteiger partial charge in [0.2, 0.25) is 5.91 Å². The zero-order valence-electron chi connectivity index (χ0n) is 17.4. The number of hydrogen-bond acceptors (Lipinski definition) is 4. The van der Waals surface area contributed by atoms with Gasteiger partial charge in [-0.25, -0.2) is 0 Å². The first-order valence-corrected chi connectivity index (χ1v) is 10.9. The molecular formula is C25H23N3O2S. The molecule has 156 valence electrons. The van der Waals surface area contributed by atoms with Crippen LogP contribution in [0.25, 0.3) is 0 Å². The summed E-state index contributed by atoms with van der Waals surface area (Å²) in [5.41, 5.74) is 4.82. The highest BCUT2D eigenvalue weighted by Crippen LogP contribution is 2.35. The lowest BCUT2D eigenvalue weighted by atomic mass is 10.2. The zero-order valence-corrected chi connectivity index (χ0v) is 18.2. The maximum absolute atomic E-state index is 12.6. The van der Waals surface area contributed by atoms with Crippen LogP contribution >= 0.6 is 11.8 Å². The van der Waals surface area contributed by atoms with E-state index in [1.165, 1.54) is 11.8 Å². The highest BCUT2D eigenvalue weighted by Gasteiger charge is 2.34. The third-order valence-corrected chi connectivity index (χ3v) is 6.07. The minimum absolute atomic E-state index is 0.0703. The minimum atomic E-state index is -0.544. The number of aryl methyl sites for hydroxylation is 2. The van der Waals surface area contributed by atoms with Crippen LogP contribution in [0.2, 0.25) is 0 Å². The van der Waals surface area contributed by atoms with Crippen molar-refractivity contribution in [2.24, 2.45) is 4.99 Å². The Kier molecular flexibility index (Phi) is 6.18. The van der Waals surface area contributed by atoms with Gasteiger partial charge in [0.15, 0.2) is 5.17 Å². The van der Waals surface area contributed by atoms with E-state index in [-0.39, 0.29) is 18.2 Å². The van der Waals surface area contributed by atoms with Crippen molar-refractivity contribution in [3.05, 3.63) is 90.0 Å². The number of para-hydroxylation sites is 1. The summed E-state index contributed by atoms with van der Waals surface area (Å²) in [5, 5.41) is 2.89. The average Bonchev–Trinajstić information content (AvgIpc) is 3.11. The number of amides is 2. The maximum Gasteiger partial charge on any atom is 0.262 e. The standard InChI is InChI=1S/C25H23N3O2S/c1-17-8-12-19(13-9-17)26-23(29)16-22-24(30)27-25(31-22)28(20-6-4-3-5-7-20)21-14-10-18(2)11-15-21/h3-15,22H,16H2,1-2H3,(H,26,29). The predicted molar refractivity (Wildman–Crippen MR) is 128 cm³/mol. The molecule has 0 saturated heterocycles. The molecule has 5 nitrogen and oxygen atoms in total. The first kappa shape index (κ1) is 20.9. The molecule has 3 aromatic carbocycles. The van der Waals surface area contributed by atoms with Crippen molar-refractivity contribution in [2.75, 3.05) is 10.2 Å². The third kappa shape index (κ3) is 5.03. The number of benzene rings is 3. The number of rotatable bonds is 5. The molecule has 0 radical (unpaired) electrons. The van der Waals surface area contributed by atoms with Crippen LogP contribution in [0.1, 0.15) is 17.5 Å². The van der Waals surface area contributed by atoms with Crippen LogP contribution in [-0.4, -0.2) is 22.2 Å². The fourth-order valence-electron chi connectivity index (χ4n) is 3.26. The van der Waals surface area contributed by atoms with Gasteiger partial charge in [0, 0.05) is 23.5 Å². The van der Waals surface area contributed by atoms with E-state index in [9.17, 15) is 9.59 Å². The Morgan fingerprint density at radius 3 is 2.13 bits per heavy atom. The van der Waals surface area contributed by atoms with Gasteiger partial charge in [0.05, 0.1) is 0 Å². The normalized spacial score (nSPS) is 15.5. The van der Waals surface area contributed by atoms with Crippen molar-refractivity contribution < 1.29 is 9.59 Å². The molecule has 1 atom stereocenters. The van der Waals surface area contributed by atoms with E-state index in [1.807, 2.05) is 97.6 Å². The summed E-state index contributed by atoms with van der Waals surface area (Å²) < 4.78 is 0. The van der Waals surface area contributed by atoms with E-state index in [2.05, 4.69) is 10.3 Å². The summed E-state index contributed by atoms with van der Waals surface area (Å²) >= 11 is 1.33. The Hall–Kier alpha value is -3.38. The zero-order chi connectivity index (χ0) is 21.8. The molecule has 2 amide bonds. The molecule has 4 rings (SSSR count).